The van der Waals surface area contributed by atoms with Crippen molar-refractivity contribution in [2.45, 2.75) is 6.61 Å². The molecule has 0 saturated carbocycles. The van der Waals surface area contributed by atoms with Crippen molar-refractivity contribution in [3.63, 3.8) is 0 Å². The number of nitrogens with one attached hydrogen (secondary N) is 1. The molecule has 0 atom stereocenters. The summed E-state index contributed by atoms with van der Waals surface area (Å²) in [5, 5.41) is 10.6. The fourth-order valence-corrected chi connectivity index (χ4v) is 2.40. The lowest BCUT2D eigenvalue weighted by Crippen LogP contribution is -1.98. The topological polar surface area (TPSA) is 58.1 Å². The standard InChI is InChI=1S/C14H10Cl2N2O2/c15-8-3-1-4-9(16)14(8)20-7-12-17-10-5-2-6-11(19)13(10)18-12/h1-6,19H,7H2,(H,17,18). The number of H-pyrrole nitrogens is 1. The number of imidazole rings is 1. The average molecular weight is 309 g/mol. The maximum atomic E-state index is 9.69. The highest BCUT2D eigenvalue weighted by Crippen LogP contribution is 2.33. The first-order valence-electron chi connectivity index (χ1n) is 5.88. The van der Waals surface area contributed by atoms with Crippen LogP contribution in [0.5, 0.6) is 11.5 Å². The number of phenols is 1. The van der Waals surface area contributed by atoms with Gasteiger partial charge in [0.05, 0.1) is 15.6 Å². The molecule has 3 rings (SSSR count). The molecule has 0 aliphatic heterocycles. The Balaban J connectivity index is 1.85. The van der Waals surface area contributed by atoms with E-state index >= 15 is 0 Å². The van der Waals surface area contributed by atoms with Crippen LogP contribution in [0.2, 0.25) is 10.0 Å². The van der Waals surface area contributed by atoms with Crippen LogP contribution in [0, 0.1) is 0 Å². The van der Waals surface area contributed by atoms with Crippen LogP contribution in [-0.4, -0.2) is 15.1 Å². The lowest BCUT2D eigenvalue weighted by Gasteiger charge is -2.07. The molecule has 0 fully saturated rings. The maximum Gasteiger partial charge on any atom is 0.157 e. The van der Waals surface area contributed by atoms with Crippen molar-refractivity contribution in [2.75, 3.05) is 0 Å². The van der Waals surface area contributed by atoms with E-state index in [-0.39, 0.29) is 12.4 Å². The molecule has 0 saturated heterocycles. The molecule has 0 spiro atoms. The van der Waals surface area contributed by atoms with Crippen LogP contribution in [0.15, 0.2) is 36.4 Å². The number of aromatic amines is 1. The molecular formula is C14H10Cl2N2O2. The van der Waals surface area contributed by atoms with Crippen LogP contribution < -0.4 is 4.74 Å². The Hall–Kier alpha value is -1.91. The number of fused-ring (bicyclic) bond motifs is 1. The molecule has 3 aromatic rings. The van der Waals surface area contributed by atoms with Crippen molar-refractivity contribution >= 4 is 34.2 Å². The van der Waals surface area contributed by atoms with Crippen molar-refractivity contribution in [2.24, 2.45) is 0 Å². The van der Waals surface area contributed by atoms with Crippen LogP contribution in [0.25, 0.3) is 11.0 Å². The van der Waals surface area contributed by atoms with E-state index in [4.69, 9.17) is 27.9 Å². The Morgan fingerprint density at radius 3 is 2.50 bits per heavy atom. The van der Waals surface area contributed by atoms with Crippen LogP contribution in [0.3, 0.4) is 0 Å². The highest BCUT2D eigenvalue weighted by Gasteiger charge is 2.10. The van der Waals surface area contributed by atoms with Gasteiger partial charge in [-0.3, -0.25) is 0 Å². The number of hydrogen-bond donors (Lipinski definition) is 2. The number of nitrogens with zero attached hydrogens (tertiary/aromatic N) is 1. The summed E-state index contributed by atoms with van der Waals surface area (Å²) in [4.78, 5) is 7.33. The Labute approximate surface area is 124 Å². The summed E-state index contributed by atoms with van der Waals surface area (Å²) in [6.07, 6.45) is 0. The zero-order valence-corrected chi connectivity index (χ0v) is 11.7. The van der Waals surface area contributed by atoms with Gasteiger partial charge in [0.1, 0.15) is 23.7 Å². The minimum absolute atomic E-state index is 0.126. The predicted molar refractivity (Wildman–Crippen MR) is 78.6 cm³/mol. The SMILES string of the molecule is Oc1cccc2[nH]c(COc3c(Cl)cccc3Cl)nc12. The van der Waals surface area contributed by atoms with Gasteiger partial charge in [-0.25, -0.2) is 4.98 Å². The second-order valence-corrected chi connectivity index (χ2v) is 5.01. The molecule has 0 aliphatic rings. The summed E-state index contributed by atoms with van der Waals surface area (Å²) in [6.45, 7) is 0.178. The molecule has 1 heterocycles. The smallest absolute Gasteiger partial charge is 0.157 e. The third kappa shape index (κ3) is 2.40. The molecule has 0 radical (unpaired) electrons. The first kappa shape index (κ1) is 13.1. The van der Waals surface area contributed by atoms with Gasteiger partial charge >= 0.3 is 0 Å². The van der Waals surface area contributed by atoms with Crippen molar-refractivity contribution < 1.29 is 9.84 Å². The fraction of sp³-hybridized carbons (Fsp3) is 0.0714. The maximum absolute atomic E-state index is 9.69. The van der Waals surface area contributed by atoms with Crippen LogP contribution in [0.1, 0.15) is 5.82 Å². The van der Waals surface area contributed by atoms with Crippen molar-refractivity contribution in [3.8, 4) is 11.5 Å². The highest BCUT2D eigenvalue weighted by atomic mass is 35.5. The summed E-state index contributed by atoms with van der Waals surface area (Å²) in [5.74, 6) is 1.12. The van der Waals surface area contributed by atoms with E-state index in [0.717, 1.165) is 5.52 Å². The van der Waals surface area contributed by atoms with Crippen LogP contribution in [0.4, 0.5) is 0 Å². The number of aromatic nitrogens is 2. The van der Waals surface area contributed by atoms with Gasteiger partial charge in [-0.2, -0.15) is 0 Å². The van der Waals surface area contributed by atoms with E-state index in [2.05, 4.69) is 9.97 Å². The van der Waals surface area contributed by atoms with Crippen LogP contribution >= 0.6 is 23.2 Å². The van der Waals surface area contributed by atoms with Crippen LogP contribution in [-0.2, 0) is 6.61 Å². The molecule has 0 bridgehead atoms. The first-order chi connectivity index (χ1) is 9.65. The van der Waals surface area contributed by atoms with Crippen molar-refractivity contribution in [3.05, 3.63) is 52.3 Å². The van der Waals surface area contributed by atoms with E-state index in [1.807, 2.05) is 6.07 Å². The third-order valence-corrected chi connectivity index (χ3v) is 3.41. The molecule has 6 heteroatoms. The summed E-state index contributed by atoms with van der Waals surface area (Å²) >= 11 is 12.0. The molecule has 0 amide bonds. The number of benzene rings is 2. The molecule has 20 heavy (non-hydrogen) atoms. The zero-order valence-electron chi connectivity index (χ0n) is 10.2. The molecule has 2 aromatic carbocycles. The van der Waals surface area contributed by atoms with E-state index in [1.54, 1.807) is 30.3 Å². The number of ether oxygens (including phenoxy) is 1. The predicted octanol–water partition coefficient (Wildman–Crippen LogP) is 4.15. The van der Waals surface area contributed by atoms with E-state index < -0.39 is 0 Å². The van der Waals surface area contributed by atoms with Gasteiger partial charge in [-0.1, -0.05) is 35.3 Å². The van der Waals surface area contributed by atoms with Crippen molar-refractivity contribution in [1.29, 1.82) is 0 Å². The van der Waals surface area contributed by atoms with Gasteiger partial charge in [-0.15, -0.1) is 0 Å². The molecule has 102 valence electrons. The second kappa shape index (κ2) is 5.23. The van der Waals surface area contributed by atoms with Gasteiger partial charge in [0.2, 0.25) is 0 Å². The van der Waals surface area contributed by atoms with E-state index in [1.165, 1.54) is 0 Å². The van der Waals surface area contributed by atoms with Gasteiger partial charge < -0.3 is 14.8 Å². The number of aromatic hydroxyl groups is 1. The highest BCUT2D eigenvalue weighted by molar-refractivity contribution is 6.37. The van der Waals surface area contributed by atoms with Gasteiger partial charge in [0, 0.05) is 0 Å². The molecule has 2 N–H and O–H groups in total. The van der Waals surface area contributed by atoms with E-state index in [9.17, 15) is 5.11 Å². The third-order valence-electron chi connectivity index (χ3n) is 2.81. The number of hydrogen-bond acceptors (Lipinski definition) is 3. The fourth-order valence-electron chi connectivity index (χ4n) is 1.90. The Kier molecular flexibility index (Phi) is 3.42. The summed E-state index contributed by atoms with van der Waals surface area (Å²) in [7, 11) is 0. The van der Waals surface area contributed by atoms with Gasteiger partial charge in [-0.05, 0) is 24.3 Å². The minimum atomic E-state index is 0.126. The molecule has 4 nitrogen and oxygen atoms in total. The number of phenolic OH excluding ortho intramolecular Hbond substituents is 1. The van der Waals surface area contributed by atoms with Gasteiger partial charge in [0.25, 0.3) is 0 Å². The summed E-state index contributed by atoms with van der Waals surface area (Å²) in [6, 6.07) is 10.3. The van der Waals surface area contributed by atoms with Crippen molar-refractivity contribution in [1.82, 2.24) is 9.97 Å². The molecule has 0 aliphatic carbocycles. The number of para-hydroxylation sites is 2. The lowest BCUT2D eigenvalue weighted by atomic mass is 10.3. The zero-order chi connectivity index (χ0) is 14.1. The summed E-state index contributed by atoms with van der Waals surface area (Å²) in [5.41, 5.74) is 1.25. The Morgan fingerprint density at radius 1 is 1.10 bits per heavy atom. The second-order valence-electron chi connectivity index (χ2n) is 4.20. The minimum Gasteiger partial charge on any atom is -0.506 e. The lowest BCUT2D eigenvalue weighted by molar-refractivity contribution is 0.298. The Morgan fingerprint density at radius 2 is 1.80 bits per heavy atom. The first-order valence-corrected chi connectivity index (χ1v) is 6.64. The number of halogens is 2. The van der Waals surface area contributed by atoms with E-state index in [0.29, 0.717) is 27.1 Å². The molecule has 0 unspecified atom stereocenters. The quantitative estimate of drug-likeness (QED) is 0.764. The average Bonchev–Trinajstić information content (AvgIpc) is 2.83. The van der Waals surface area contributed by atoms with Gasteiger partial charge in [0.15, 0.2) is 5.75 Å². The largest absolute Gasteiger partial charge is 0.506 e. The number of rotatable bonds is 3. The molecular weight excluding hydrogens is 299 g/mol. The monoisotopic (exact) mass is 308 g/mol. The normalized spacial score (nSPS) is 10.9. The summed E-state index contributed by atoms with van der Waals surface area (Å²) < 4.78 is 5.58. The molecule has 1 aromatic heterocycles. The Bertz CT molecular complexity index is 751.